The van der Waals surface area contributed by atoms with Crippen LogP contribution in [0.5, 0.6) is 0 Å². The van der Waals surface area contributed by atoms with E-state index in [4.69, 9.17) is 4.52 Å². The van der Waals surface area contributed by atoms with E-state index < -0.39 is 0 Å². The Bertz CT molecular complexity index is 1120. The number of piperidine rings is 1. The summed E-state index contributed by atoms with van der Waals surface area (Å²) in [7, 11) is 0. The van der Waals surface area contributed by atoms with Gasteiger partial charge in [0.25, 0.3) is 5.91 Å². The molecule has 2 aromatic carbocycles. The van der Waals surface area contributed by atoms with Gasteiger partial charge in [-0.1, -0.05) is 38.1 Å². The number of nitrogens with zero attached hydrogens (tertiary/aromatic N) is 3. The highest BCUT2D eigenvalue weighted by Gasteiger charge is 2.28. The lowest BCUT2D eigenvalue weighted by atomic mass is 9.86. The van der Waals surface area contributed by atoms with E-state index in [-0.39, 0.29) is 23.1 Å². The van der Waals surface area contributed by atoms with Crippen molar-refractivity contribution in [2.45, 2.75) is 51.9 Å². The van der Waals surface area contributed by atoms with E-state index in [1.165, 1.54) is 12.5 Å². The molecule has 3 aromatic rings. The number of anilines is 1. The predicted octanol–water partition coefficient (Wildman–Crippen LogP) is 5.01. The van der Waals surface area contributed by atoms with E-state index in [2.05, 4.69) is 36.2 Å². The first kappa shape index (κ1) is 22.7. The highest BCUT2D eigenvalue weighted by atomic mass is 16.5. The summed E-state index contributed by atoms with van der Waals surface area (Å²) in [6, 6.07) is 15.3. The van der Waals surface area contributed by atoms with Crippen molar-refractivity contribution < 1.29 is 14.1 Å². The molecule has 2 heterocycles. The molecule has 1 aliphatic rings. The zero-order valence-electron chi connectivity index (χ0n) is 19.6. The normalized spacial score (nSPS) is 14.8. The SMILES string of the molecule is CC(=O)Nc1ccc(-c2noc(C3CCN(C(=O)c4ccc(C(C)(C)C)cc4)CC3)n2)cc1. The molecule has 0 unspecified atom stereocenters. The quantitative estimate of drug-likeness (QED) is 0.608. The van der Waals surface area contributed by atoms with Gasteiger partial charge < -0.3 is 14.7 Å². The van der Waals surface area contributed by atoms with E-state index >= 15 is 0 Å². The summed E-state index contributed by atoms with van der Waals surface area (Å²) in [6.07, 6.45) is 1.57. The van der Waals surface area contributed by atoms with Crippen LogP contribution in [-0.2, 0) is 10.2 Å². The smallest absolute Gasteiger partial charge is 0.253 e. The maximum absolute atomic E-state index is 12.9. The van der Waals surface area contributed by atoms with Crippen LogP contribution in [0, 0.1) is 0 Å². The van der Waals surface area contributed by atoms with Gasteiger partial charge >= 0.3 is 0 Å². The molecule has 1 saturated heterocycles. The Morgan fingerprint density at radius 1 is 1.00 bits per heavy atom. The van der Waals surface area contributed by atoms with Gasteiger partial charge in [-0.2, -0.15) is 4.98 Å². The summed E-state index contributed by atoms with van der Waals surface area (Å²) >= 11 is 0. The minimum Gasteiger partial charge on any atom is -0.339 e. The van der Waals surface area contributed by atoms with Gasteiger partial charge in [0, 0.05) is 42.7 Å². The minimum atomic E-state index is -0.114. The average Bonchev–Trinajstić information content (AvgIpc) is 3.29. The van der Waals surface area contributed by atoms with Crippen LogP contribution in [0.2, 0.25) is 0 Å². The summed E-state index contributed by atoms with van der Waals surface area (Å²) in [5.74, 6) is 1.22. The molecule has 0 atom stereocenters. The third kappa shape index (κ3) is 5.30. The lowest BCUT2D eigenvalue weighted by Crippen LogP contribution is -2.38. The fourth-order valence-corrected chi connectivity index (χ4v) is 4.05. The Labute approximate surface area is 194 Å². The number of benzene rings is 2. The molecule has 0 aliphatic carbocycles. The van der Waals surface area contributed by atoms with Gasteiger partial charge in [-0.3, -0.25) is 9.59 Å². The first-order valence-corrected chi connectivity index (χ1v) is 11.3. The fourth-order valence-electron chi connectivity index (χ4n) is 4.05. The molecule has 4 rings (SSSR count). The number of amides is 2. The largest absolute Gasteiger partial charge is 0.339 e. The predicted molar refractivity (Wildman–Crippen MR) is 127 cm³/mol. The van der Waals surface area contributed by atoms with Gasteiger partial charge in [0.1, 0.15) is 0 Å². The van der Waals surface area contributed by atoms with Gasteiger partial charge in [-0.25, -0.2) is 0 Å². The van der Waals surface area contributed by atoms with Crippen LogP contribution in [0.15, 0.2) is 53.1 Å². The van der Waals surface area contributed by atoms with E-state index in [1.807, 2.05) is 53.4 Å². The summed E-state index contributed by atoms with van der Waals surface area (Å²) in [4.78, 5) is 30.6. The Morgan fingerprint density at radius 3 is 2.21 bits per heavy atom. The van der Waals surface area contributed by atoms with Gasteiger partial charge in [0.2, 0.25) is 17.6 Å². The van der Waals surface area contributed by atoms with Crippen LogP contribution in [0.4, 0.5) is 5.69 Å². The molecule has 172 valence electrons. The second-order valence-electron chi connectivity index (χ2n) is 9.61. The lowest BCUT2D eigenvalue weighted by Gasteiger charge is -2.30. The van der Waals surface area contributed by atoms with Crippen LogP contribution in [-0.4, -0.2) is 39.9 Å². The summed E-state index contributed by atoms with van der Waals surface area (Å²) in [5.41, 5.74) is 3.56. The summed E-state index contributed by atoms with van der Waals surface area (Å²) in [6.45, 7) is 9.29. The maximum Gasteiger partial charge on any atom is 0.253 e. The van der Waals surface area contributed by atoms with Crippen molar-refractivity contribution in [1.29, 1.82) is 0 Å². The highest BCUT2D eigenvalue weighted by Crippen LogP contribution is 2.30. The topological polar surface area (TPSA) is 88.3 Å². The fraction of sp³-hybridized carbons (Fsp3) is 0.385. The number of carbonyl (C=O) groups excluding carboxylic acids is 2. The Balaban J connectivity index is 1.36. The molecule has 0 saturated carbocycles. The minimum absolute atomic E-state index is 0.0658. The average molecular weight is 447 g/mol. The molecule has 0 spiro atoms. The van der Waals surface area contributed by atoms with E-state index in [1.54, 1.807) is 0 Å². The second-order valence-corrected chi connectivity index (χ2v) is 9.61. The molecular formula is C26H30N4O3. The first-order chi connectivity index (χ1) is 15.7. The molecule has 7 nitrogen and oxygen atoms in total. The maximum atomic E-state index is 12.9. The highest BCUT2D eigenvalue weighted by molar-refractivity contribution is 5.94. The Morgan fingerprint density at radius 2 is 1.64 bits per heavy atom. The van der Waals surface area contributed by atoms with Crippen LogP contribution < -0.4 is 5.32 Å². The van der Waals surface area contributed by atoms with Crippen molar-refractivity contribution in [3.63, 3.8) is 0 Å². The molecule has 1 aromatic heterocycles. The van der Waals surface area contributed by atoms with Gasteiger partial charge in [0.15, 0.2) is 0 Å². The summed E-state index contributed by atoms with van der Waals surface area (Å²) < 4.78 is 5.54. The van der Waals surface area contributed by atoms with Crippen molar-refractivity contribution in [2.24, 2.45) is 0 Å². The van der Waals surface area contributed by atoms with E-state index in [9.17, 15) is 9.59 Å². The number of rotatable bonds is 4. The molecule has 33 heavy (non-hydrogen) atoms. The van der Waals surface area contributed by atoms with Crippen molar-refractivity contribution in [3.8, 4) is 11.4 Å². The van der Waals surface area contributed by atoms with Crippen molar-refractivity contribution in [2.75, 3.05) is 18.4 Å². The molecule has 1 fully saturated rings. The van der Waals surface area contributed by atoms with E-state index in [0.29, 0.717) is 24.8 Å². The summed E-state index contributed by atoms with van der Waals surface area (Å²) in [5, 5.41) is 6.87. The zero-order valence-corrected chi connectivity index (χ0v) is 19.6. The van der Waals surface area contributed by atoms with Gasteiger partial charge in [-0.15, -0.1) is 0 Å². The van der Waals surface area contributed by atoms with Crippen LogP contribution in [0.1, 0.15) is 68.3 Å². The third-order valence-corrected chi connectivity index (χ3v) is 6.03. The van der Waals surface area contributed by atoms with Crippen LogP contribution in [0.25, 0.3) is 11.4 Å². The van der Waals surface area contributed by atoms with Crippen molar-refractivity contribution >= 4 is 17.5 Å². The standard InChI is InChI=1S/C26H30N4O3/c1-17(31)27-22-11-7-18(8-12-22)23-28-24(33-29-23)19-13-15-30(16-14-19)25(32)20-5-9-21(10-6-20)26(2,3)4/h5-12,19H,13-16H2,1-4H3,(H,27,31). The molecule has 7 heteroatoms. The van der Waals surface area contributed by atoms with Crippen LogP contribution in [0.3, 0.4) is 0 Å². The van der Waals surface area contributed by atoms with Crippen LogP contribution >= 0.6 is 0 Å². The van der Waals surface area contributed by atoms with E-state index in [0.717, 1.165) is 29.7 Å². The van der Waals surface area contributed by atoms with Crippen molar-refractivity contribution in [3.05, 3.63) is 65.5 Å². The molecule has 2 amide bonds. The zero-order chi connectivity index (χ0) is 23.6. The number of likely N-dealkylation sites (tertiary alicyclic amines) is 1. The molecular weight excluding hydrogens is 416 g/mol. The third-order valence-electron chi connectivity index (χ3n) is 6.03. The lowest BCUT2D eigenvalue weighted by molar-refractivity contribution is -0.114. The first-order valence-electron chi connectivity index (χ1n) is 11.3. The molecule has 1 aliphatic heterocycles. The molecule has 1 N–H and O–H groups in total. The Kier molecular flexibility index (Phi) is 6.31. The number of nitrogens with one attached hydrogen (secondary N) is 1. The molecule has 0 radical (unpaired) electrons. The number of carbonyl (C=O) groups is 2. The Hall–Kier alpha value is -3.48. The molecule has 0 bridgehead atoms. The van der Waals surface area contributed by atoms with Crippen molar-refractivity contribution in [1.82, 2.24) is 15.0 Å². The number of aromatic nitrogens is 2. The number of hydrogen-bond donors (Lipinski definition) is 1. The monoisotopic (exact) mass is 446 g/mol. The van der Waals surface area contributed by atoms with Gasteiger partial charge in [0.05, 0.1) is 0 Å². The van der Waals surface area contributed by atoms with Gasteiger partial charge in [-0.05, 0) is 60.2 Å². The number of hydrogen-bond acceptors (Lipinski definition) is 5. The second kappa shape index (κ2) is 9.17.